The van der Waals surface area contributed by atoms with Crippen molar-refractivity contribution in [2.45, 2.75) is 4.90 Å². The molecule has 1 aromatic carbocycles. The van der Waals surface area contributed by atoms with Crippen molar-refractivity contribution in [1.82, 2.24) is 9.29 Å². The van der Waals surface area contributed by atoms with Crippen molar-refractivity contribution < 1.29 is 17.9 Å². The van der Waals surface area contributed by atoms with Gasteiger partial charge in [-0.1, -0.05) is 6.07 Å². The molecule has 1 aromatic heterocycles. The topological polar surface area (TPSA) is 88.6 Å². The summed E-state index contributed by atoms with van der Waals surface area (Å²) in [6, 6.07) is 9.41. The maximum Gasteiger partial charge on any atom is 0.255 e. The first kappa shape index (κ1) is 16.6. The Kier molecular flexibility index (Phi) is 4.89. The van der Waals surface area contributed by atoms with Crippen molar-refractivity contribution in [2.24, 2.45) is 0 Å². The SMILES string of the molecule is O=C(Nc1cccc(S(=O)(=O)N2CCOCC2)c1)c1ccncc1. The first-order chi connectivity index (χ1) is 11.6. The van der Waals surface area contributed by atoms with Crippen LogP contribution in [0.1, 0.15) is 10.4 Å². The van der Waals surface area contributed by atoms with Gasteiger partial charge in [0.25, 0.3) is 5.91 Å². The van der Waals surface area contributed by atoms with Gasteiger partial charge in [0.2, 0.25) is 10.0 Å². The van der Waals surface area contributed by atoms with E-state index in [1.54, 1.807) is 24.3 Å². The minimum absolute atomic E-state index is 0.150. The Morgan fingerprint density at radius 3 is 2.54 bits per heavy atom. The summed E-state index contributed by atoms with van der Waals surface area (Å²) in [4.78, 5) is 16.2. The minimum Gasteiger partial charge on any atom is -0.379 e. The second-order valence-electron chi connectivity index (χ2n) is 5.23. The highest BCUT2D eigenvalue weighted by Crippen LogP contribution is 2.21. The number of ether oxygens (including phenoxy) is 1. The van der Waals surface area contributed by atoms with E-state index in [1.807, 2.05) is 0 Å². The van der Waals surface area contributed by atoms with Gasteiger partial charge in [0.15, 0.2) is 0 Å². The summed E-state index contributed by atoms with van der Waals surface area (Å²) in [7, 11) is -3.59. The van der Waals surface area contributed by atoms with Crippen LogP contribution in [0.2, 0.25) is 0 Å². The fourth-order valence-corrected chi connectivity index (χ4v) is 3.83. The molecule has 1 saturated heterocycles. The number of anilines is 1. The van der Waals surface area contributed by atoms with E-state index in [9.17, 15) is 13.2 Å². The quantitative estimate of drug-likeness (QED) is 0.902. The summed E-state index contributed by atoms with van der Waals surface area (Å²) < 4.78 is 31.9. The highest BCUT2D eigenvalue weighted by Gasteiger charge is 2.26. The molecular weight excluding hydrogens is 330 g/mol. The number of nitrogens with one attached hydrogen (secondary N) is 1. The lowest BCUT2D eigenvalue weighted by Crippen LogP contribution is -2.40. The van der Waals surface area contributed by atoms with Crippen LogP contribution in [0.3, 0.4) is 0 Å². The van der Waals surface area contributed by atoms with E-state index in [4.69, 9.17) is 4.74 Å². The van der Waals surface area contributed by atoms with Crippen LogP contribution in [0.5, 0.6) is 0 Å². The molecule has 0 aliphatic carbocycles. The van der Waals surface area contributed by atoms with Crippen LogP contribution >= 0.6 is 0 Å². The Balaban J connectivity index is 1.80. The molecule has 0 bridgehead atoms. The molecule has 126 valence electrons. The van der Waals surface area contributed by atoms with Crippen LogP contribution in [-0.2, 0) is 14.8 Å². The van der Waals surface area contributed by atoms with E-state index in [0.717, 1.165) is 0 Å². The normalized spacial score (nSPS) is 15.8. The van der Waals surface area contributed by atoms with Crippen molar-refractivity contribution in [3.8, 4) is 0 Å². The Bertz CT molecular complexity index is 818. The summed E-state index contributed by atoms with van der Waals surface area (Å²) >= 11 is 0. The number of carbonyl (C=O) groups excluding carboxylic acids is 1. The van der Waals surface area contributed by atoms with Crippen molar-refractivity contribution in [3.05, 3.63) is 54.4 Å². The molecule has 2 heterocycles. The lowest BCUT2D eigenvalue weighted by Gasteiger charge is -2.26. The van der Waals surface area contributed by atoms with Gasteiger partial charge >= 0.3 is 0 Å². The van der Waals surface area contributed by atoms with Gasteiger partial charge in [0, 0.05) is 36.7 Å². The lowest BCUT2D eigenvalue weighted by atomic mass is 10.2. The average molecular weight is 347 g/mol. The van der Waals surface area contributed by atoms with Gasteiger partial charge in [-0.3, -0.25) is 9.78 Å². The number of rotatable bonds is 4. The molecule has 2 aromatic rings. The number of nitrogens with zero attached hydrogens (tertiary/aromatic N) is 2. The maximum absolute atomic E-state index is 12.6. The fourth-order valence-electron chi connectivity index (χ4n) is 2.38. The summed E-state index contributed by atoms with van der Waals surface area (Å²) in [6.45, 7) is 1.43. The van der Waals surface area contributed by atoms with E-state index in [2.05, 4.69) is 10.3 Å². The first-order valence-corrected chi connectivity index (χ1v) is 8.91. The zero-order valence-corrected chi connectivity index (χ0v) is 13.7. The van der Waals surface area contributed by atoms with Crippen molar-refractivity contribution in [3.63, 3.8) is 0 Å². The van der Waals surface area contributed by atoms with Crippen LogP contribution in [-0.4, -0.2) is 49.9 Å². The largest absolute Gasteiger partial charge is 0.379 e. The van der Waals surface area contributed by atoms with Crippen LogP contribution in [0, 0.1) is 0 Å². The van der Waals surface area contributed by atoms with Gasteiger partial charge in [0.1, 0.15) is 0 Å². The number of morpholine rings is 1. The average Bonchev–Trinajstić information content (AvgIpc) is 2.63. The zero-order valence-electron chi connectivity index (χ0n) is 12.9. The number of aromatic nitrogens is 1. The Morgan fingerprint density at radius 2 is 1.83 bits per heavy atom. The molecule has 0 spiro atoms. The van der Waals surface area contributed by atoms with Gasteiger partial charge < -0.3 is 10.1 Å². The second kappa shape index (κ2) is 7.08. The molecule has 7 nitrogen and oxygen atoms in total. The van der Waals surface area contributed by atoms with Crippen LogP contribution in [0.15, 0.2) is 53.7 Å². The summed E-state index contributed by atoms with van der Waals surface area (Å²) in [6.07, 6.45) is 3.04. The highest BCUT2D eigenvalue weighted by molar-refractivity contribution is 7.89. The molecule has 0 saturated carbocycles. The van der Waals surface area contributed by atoms with Gasteiger partial charge in [0.05, 0.1) is 18.1 Å². The predicted molar refractivity (Wildman–Crippen MR) is 88.2 cm³/mol. The molecule has 0 atom stereocenters. The van der Waals surface area contributed by atoms with Crippen LogP contribution in [0.4, 0.5) is 5.69 Å². The van der Waals surface area contributed by atoms with E-state index < -0.39 is 10.0 Å². The molecule has 1 aliphatic rings. The fraction of sp³-hybridized carbons (Fsp3) is 0.250. The van der Waals surface area contributed by atoms with Crippen LogP contribution in [0.25, 0.3) is 0 Å². The number of sulfonamides is 1. The van der Waals surface area contributed by atoms with E-state index in [-0.39, 0.29) is 10.8 Å². The van der Waals surface area contributed by atoms with E-state index in [0.29, 0.717) is 37.6 Å². The molecule has 1 N–H and O–H groups in total. The number of pyridine rings is 1. The standard InChI is InChI=1S/C16H17N3O4S/c20-16(13-4-6-17-7-5-13)18-14-2-1-3-15(12-14)24(21,22)19-8-10-23-11-9-19/h1-7,12H,8-11H2,(H,18,20). The number of hydrogen-bond acceptors (Lipinski definition) is 5. The van der Waals surface area contributed by atoms with Crippen molar-refractivity contribution in [1.29, 1.82) is 0 Å². The van der Waals surface area contributed by atoms with Gasteiger partial charge in [-0.25, -0.2) is 8.42 Å². The summed E-state index contributed by atoms with van der Waals surface area (Å²) in [5.41, 5.74) is 0.873. The van der Waals surface area contributed by atoms with Gasteiger partial charge in [-0.15, -0.1) is 0 Å². The molecule has 1 aliphatic heterocycles. The molecule has 0 radical (unpaired) electrons. The van der Waals surface area contributed by atoms with Gasteiger partial charge in [-0.2, -0.15) is 4.31 Å². The Labute approximate surface area is 140 Å². The first-order valence-electron chi connectivity index (χ1n) is 7.47. The summed E-state index contributed by atoms with van der Waals surface area (Å²) in [5.74, 6) is -0.321. The Morgan fingerprint density at radius 1 is 1.12 bits per heavy atom. The third kappa shape index (κ3) is 3.61. The molecule has 24 heavy (non-hydrogen) atoms. The number of amides is 1. The third-order valence-corrected chi connectivity index (χ3v) is 5.54. The monoisotopic (exact) mass is 347 g/mol. The van der Waals surface area contributed by atoms with Crippen LogP contribution < -0.4 is 5.32 Å². The second-order valence-corrected chi connectivity index (χ2v) is 7.17. The number of hydrogen-bond donors (Lipinski definition) is 1. The van der Waals surface area contributed by atoms with Crippen molar-refractivity contribution >= 4 is 21.6 Å². The predicted octanol–water partition coefficient (Wildman–Crippen LogP) is 1.35. The molecule has 3 rings (SSSR count). The van der Waals surface area contributed by atoms with Crippen molar-refractivity contribution in [2.75, 3.05) is 31.6 Å². The molecular formula is C16H17N3O4S. The molecule has 1 amide bonds. The summed E-state index contributed by atoms with van der Waals surface area (Å²) in [5, 5.41) is 2.70. The smallest absolute Gasteiger partial charge is 0.255 e. The molecule has 0 unspecified atom stereocenters. The maximum atomic E-state index is 12.6. The molecule has 8 heteroatoms. The highest BCUT2D eigenvalue weighted by atomic mass is 32.2. The zero-order chi connectivity index (χ0) is 17.0. The lowest BCUT2D eigenvalue weighted by molar-refractivity contribution is 0.0730. The minimum atomic E-state index is -3.59. The Hall–Kier alpha value is -2.29. The van der Waals surface area contributed by atoms with E-state index >= 15 is 0 Å². The number of benzene rings is 1. The number of carbonyl (C=O) groups is 1. The third-order valence-electron chi connectivity index (χ3n) is 3.64. The van der Waals surface area contributed by atoms with E-state index in [1.165, 1.54) is 28.8 Å². The molecule has 1 fully saturated rings. The van der Waals surface area contributed by atoms with Gasteiger partial charge in [-0.05, 0) is 30.3 Å².